The van der Waals surface area contributed by atoms with Gasteiger partial charge in [-0.15, -0.1) is 0 Å². The van der Waals surface area contributed by atoms with Gasteiger partial charge < -0.3 is 20.1 Å². The van der Waals surface area contributed by atoms with Crippen LogP contribution in [0.25, 0.3) is 0 Å². The van der Waals surface area contributed by atoms with E-state index in [-0.39, 0.29) is 30.6 Å². The summed E-state index contributed by atoms with van der Waals surface area (Å²) in [4.78, 5) is 37.9. The molecule has 0 bridgehead atoms. The number of rotatable bonds is 5. The van der Waals surface area contributed by atoms with Crippen LogP contribution in [0.4, 0.5) is 10.1 Å². The maximum Gasteiger partial charge on any atom is 0.326 e. The third-order valence-electron chi connectivity index (χ3n) is 5.18. The SMILES string of the molecule is Cc1cc(N2CC(C(=O)NC(C(=O)O)C3CCCOC3)CC2=O)ccc1F. The van der Waals surface area contributed by atoms with Crippen molar-refractivity contribution in [2.75, 3.05) is 24.7 Å². The van der Waals surface area contributed by atoms with Crippen LogP contribution in [0, 0.1) is 24.6 Å². The maximum absolute atomic E-state index is 13.5. The number of carbonyl (C=O) groups is 3. The van der Waals surface area contributed by atoms with Gasteiger partial charge in [0.2, 0.25) is 11.8 Å². The van der Waals surface area contributed by atoms with Crippen molar-refractivity contribution in [3.63, 3.8) is 0 Å². The minimum atomic E-state index is -1.10. The molecule has 0 aromatic heterocycles. The van der Waals surface area contributed by atoms with Crippen LogP contribution in [0.3, 0.4) is 0 Å². The molecular weight excluding hydrogens is 355 g/mol. The smallest absolute Gasteiger partial charge is 0.326 e. The van der Waals surface area contributed by atoms with Crippen molar-refractivity contribution >= 4 is 23.5 Å². The summed E-state index contributed by atoms with van der Waals surface area (Å²) in [7, 11) is 0. The van der Waals surface area contributed by atoms with E-state index in [0.717, 1.165) is 6.42 Å². The zero-order chi connectivity index (χ0) is 19.6. The highest BCUT2D eigenvalue weighted by molar-refractivity contribution is 6.00. The lowest BCUT2D eigenvalue weighted by Crippen LogP contribution is -2.50. The third kappa shape index (κ3) is 4.27. The predicted molar refractivity (Wildman–Crippen MR) is 94.7 cm³/mol. The lowest BCUT2D eigenvalue weighted by atomic mass is 9.93. The molecule has 1 aromatic carbocycles. The van der Waals surface area contributed by atoms with Gasteiger partial charge in [0.25, 0.3) is 0 Å². The van der Waals surface area contributed by atoms with Crippen molar-refractivity contribution in [1.82, 2.24) is 5.32 Å². The molecule has 0 aliphatic carbocycles. The van der Waals surface area contributed by atoms with Crippen molar-refractivity contribution in [2.24, 2.45) is 11.8 Å². The Kier molecular flexibility index (Phi) is 5.74. The number of carbonyl (C=O) groups excluding carboxylic acids is 2. The van der Waals surface area contributed by atoms with Crippen molar-refractivity contribution in [3.8, 4) is 0 Å². The number of ether oxygens (including phenoxy) is 1. The fourth-order valence-electron chi connectivity index (χ4n) is 3.61. The lowest BCUT2D eigenvalue weighted by molar-refractivity contribution is -0.145. The molecule has 0 saturated carbocycles. The van der Waals surface area contributed by atoms with Gasteiger partial charge in [0.1, 0.15) is 11.9 Å². The van der Waals surface area contributed by atoms with E-state index in [1.807, 2.05) is 0 Å². The second kappa shape index (κ2) is 8.04. The van der Waals surface area contributed by atoms with Crippen LogP contribution in [0.15, 0.2) is 18.2 Å². The standard InChI is InChI=1S/C19H23FN2O5/c1-11-7-14(4-5-15(11)20)22-9-13(8-16(22)23)18(24)21-17(19(25)26)12-3-2-6-27-10-12/h4-5,7,12-13,17H,2-3,6,8-10H2,1H3,(H,21,24)(H,25,26). The van der Waals surface area contributed by atoms with E-state index >= 15 is 0 Å². The molecule has 2 heterocycles. The van der Waals surface area contributed by atoms with Gasteiger partial charge in [0.05, 0.1) is 12.5 Å². The summed E-state index contributed by atoms with van der Waals surface area (Å²) in [6.45, 7) is 2.64. The Hall–Kier alpha value is -2.48. The molecule has 0 radical (unpaired) electrons. The lowest BCUT2D eigenvalue weighted by Gasteiger charge is -2.28. The number of aryl methyl sites for hydroxylation is 1. The molecule has 2 N–H and O–H groups in total. The van der Waals surface area contributed by atoms with Gasteiger partial charge in [-0.2, -0.15) is 0 Å². The summed E-state index contributed by atoms with van der Waals surface area (Å²) in [5, 5.41) is 12.1. The Balaban J connectivity index is 1.67. The molecule has 0 spiro atoms. The molecule has 2 aliphatic heterocycles. The van der Waals surface area contributed by atoms with Gasteiger partial charge in [0, 0.05) is 31.2 Å². The number of benzene rings is 1. The Morgan fingerprint density at radius 3 is 2.81 bits per heavy atom. The molecule has 3 rings (SSSR count). The second-order valence-electron chi connectivity index (χ2n) is 7.14. The van der Waals surface area contributed by atoms with Crippen LogP contribution in [-0.2, 0) is 19.1 Å². The van der Waals surface area contributed by atoms with Crippen LogP contribution in [0.5, 0.6) is 0 Å². The van der Waals surface area contributed by atoms with Gasteiger partial charge in [-0.1, -0.05) is 0 Å². The highest BCUT2D eigenvalue weighted by Crippen LogP contribution is 2.27. The maximum atomic E-state index is 13.5. The zero-order valence-corrected chi connectivity index (χ0v) is 15.1. The highest BCUT2D eigenvalue weighted by Gasteiger charge is 2.38. The number of anilines is 1. The van der Waals surface area contributed by atoms with Crippen molar-refractivity contribution in [1.29, 1.82) is 0 Å². The second-order valence-corrected chi connectivity index (χ2v) is 7.14. The van der Waals surface area contributed by atoms with Gasteiger partial charge in [-0.3, -0.25) is 9.59 Å². The molecule has 27 heavy (non-hydrogen) atoms. The average Bonchev–Trinajstić information content (AvgIpc) is 3.04. The zero-order valence-electron chi connectivity index (χ0n) is 15.1. The molecular formula is C19H23FN2O5. The van der Waals surface area contributed by atoms with E-state index in [1.165, 1.54) is 17.0 Å². The first-order valence-electron chi connectivity index (χ1n) is 9.04. The summed E-state index contributed by atoms with van der Waals surface area (Å²) in [6.07, 6.45) is 1.42. The van der Waals surface area contributed by atoms with Gasteiger partial charge >= 0.3 is 5.97 Å². The largest absolute Gasteiger partial charge is 0.480 e. The molecule has 3 unspecified atom stereocenters. The Labute approximate surface area is 156 Å². The van der Waals surface area contributed by atoms with E-state index in [9.17, 15) is 23.9 Å². The summed E-state index contributed by atoms with van der Waals surface area (Å²) in [5.41, 5.74) is 0.945. The Morgan fingerprint density at radius 2 is 2.19 bits per heavy atom. The number of hydrogen-bond acceptors (Lipinski definition) is 4. The van der Waals surface area contributed by atoms with Crippen molar-refractivity contribution in [2.45, 2.75) is 32.2 Å². The Morgan fingerprint density at radius 1 is 1.41 bits per heavy atom. The summed E-state index contributed by atoms with van der Waals surface area (Å²) in [6, 6.07) is 3.32. The molecule has 2 amide bonds. The number of carboxylic acid groups (broad SMARTS) is 1. The molecule has 146 valence electrons. The predicted octanol–water partition coefficient (Wildman–Crippen LogP) is 1.48. The first-order valence-corrected chi connectivity index (χ1v) is 9.04. The van der Waals surface area contributed by atoms with Gasteiger partial charge in [-0.25, -0.2) is 9.18 Å². The monoisotopic (exact) mass is 378 g/mol. The molecule has 8 heteroatoms. The first kappa shape index (κ1) is 19.3. The minimum absolute atomic E-state index is 0.00420. The molecule has 3 atom stereocenters. The number of halogens is 1. The minimum Gasteiger partial charge on any atom is -0.480 e. The van der Waals surface area contributed by atoms with Gasteiger partial charge in [-0.05, 0) is 43.5 Å². The average molecular weight is 378 g/mol. The fraction of sp³-hybridized carbons (Fsp3) is 0.526. The number of amides is 2. The summed E-state index contributed by atoms with van der Waals surface area (Å²) < 4.78 is 18.8. The topological polar surface area (TPSA) is 95.9 Å². The number of carboxylic acids is 1. The number of hydrogen-bond donors (Lipinski definition) is 2. The van der Waals surface area contributed by atoms with Crippen molar-refractivity contribution in [3.05, 3.63) is 29.6 Å². The molecule has 1 aromatic rings. The van der Waals surface area contributed by atoms with Crippen LogP contribution in [0.2, 0.25) is 0 Å². The highest BCUT2D eigenvalue weighted by atomic mass is 19.1. The molecule has 2 fully saturated rings. The van der Waals surface area contributed by atoms with Crippen LogP contribution in [-0.4, -0.2) is 48.7 Å². The van der Waals surface area contributed by atoms with Gasteiger partial charge in [0.15, 0.2) is 0 Å². The normalized spacial score (nSPS) is 23.9. The summed E-state index contributed by atoms with van der Waals surface area (Å²) >= 11 is 0. The molecule has 7 nitrogen and oxygen atoms in total. The fourth-order valence-corrected chi connectivity index (χ4v) is 3.61. The number of nitrogens with zero attached hydrogens (tertiary/aromatic N) is 1. The van der Waals surface area contributed by atoms with E-state index in [0.29, 0.717) is 30.9 Å². The van der Waals surface area contributed by atoms with Crippen molar-refractivity contribution < 1.29 is 28.6 Å². The van der Waals surface area contributed by atoms with E-state index in [4.69, 9.17) is 4.74 Å². The van der Waals surface area contributed by atoms with Crippen LogP contribution < -0.4 is 10.2 Å². The van der Waals surface area contributed by atoms with E-state index < -0.39 is 23.8 Å². The van der Waals surface area contributed by atoms with E-state index in [1.54, 1.807) is 13.0 Å². The quantitative estimate of drug-likeness (QED) is 0.809. The molecule has 2 aliphatic rings. The summed E-state index contributed by atoms with van der Waals surface area (Å²) in [5.74, 6) is -3.09. The van der Waals surface area contributed by atoms with Crippen LogP contribution in [0.1, 0.15) is 24.8 Å². The molecule has 2 saturated heterocycles. The third-order valence-corrected chi connectivity index (χ3v) is 5.18. The van der Waals surface area contributed by atoms with E-state index in [2.05, 4.69) is 5.32 Å². The first-order chi connectivity index (χ1) is 12.9. The number of aliphatic carboxylic acids is 1. The Bertz CT molecular complexity index is 748. The van der Waals surface area contributed by atoms with Crippen LogP contribution >= 0.6 is 0 Å². The number of nitrogens with one attached hydrogen (secondary N) is 1.